The van der Waals surface area contributed by atoms with E-state index in [0.29, 0.717) is 13.1 Å². The fraction of sp³-hybridized carbons (Fsp3) is 0.600. The number of aromatic nitrogens is 2. The van der Waals surface area contributed by atoms with Crippen LogP contribution in [0.15, 0.2) is 21.9 Å². The van der Waals surface area contributed by atoms with E-state index in [0.717, 1.165) is 42.5 Å². The van der Waals surface area contributed by atoms with Gasteiger partial charge < -0.3 is 30.3 Å². The van der Waals surface area contributed by atoms with Gasteiger partial charge >= 0.3 is 13.5 Å². The molecule has 1 aromatic rings. The molecule has 0 bridgehead atoms. The second-order valence-electron chi connectivity index (χ2n) is 7.95. The predicted molar refractivity (Wildman–Crippen MR) is 123 cm³/mol. The van der Waals surface area contributed by atoms with Crippen molar-refractivity contribution in [3.05, 3.63) is 38.7 Å². The number of nitrogens with one attached hydrogen (secondary N) is 3. The minimum atomic E-state index is -4.86. The van der Waals surface area contributed by atoms with Crippen molar-refractivity contribution in [3.63, 3.8) is 0 Å². The van der Waals surface area contributed by atoms with Crippen molar-refractivity contribution in [2.75, 3.05) is 19.7 Å². The summed E-state index contributed by atoms with van der Waals surface area (Å²) in [6.45, 7) is 1.89. The molecule has 1 fully saturated rings. The van der Waals surface area contributed by atoms with Crippen LogP contribution in [0.5, 0.6) is 0 Å². The van der Waals surface area contributed by atoms with Crippen molar-refractivity contribution in [2.24, 2.45) is 0 Å². The quantitative estimate of drug-likeness (QED) is 0.108. The van der Waals surface area contributed by atoms with Crippen molar-refractivity contribution in [1.82, 2.24) is 20.2 Å². The number of ether oxygens (including phenoxy) is 1. The van der Waals surface area contributed by atoms with Crippen LogP contribution in [0.4, 0.5) is 0 Å². The van der Waals surface area contributed by atoms with Crippen LogP contribution in [0.2, 0.25) is 0 Å². The SMILES string of the molecule is CC(=O)NCCCCCCNC(=O)/C=C/c1cn([C@H]2C[C@@H](OP(=O)(O)O)[C@@H](CO)O2)c(=O)[nH]c1=O. The first kappa shape index (κ1) is 28.6. The molecule has 0 radical (unpaired) electrons. The van der Waals surface area contributed by atoms with Gasteiger partial charge in [-0.15, -0.1) is 0 Å². The van der Waals surface area contributed by atoms with Crippen LogP contribution >= 0.6 is 7.82 Å². The van der Waals surface area contributed by atoms with E-state index >= 15 is 0 Å². The number of nitrogens with zero attached hydrogens (tertiary/aromatic N) is 1. The summed E-state index contributed by atoms with van der Waals surface area (Å²) in [4.78, 5) is 67.3. The molecule has 0 aliphatic carbocycles. The number of hydrogen-bond acceptors (Lipinski definition) is 8. The van der Waals surface area contributed by atoms with Crippen LogP contribution in [0.25, 0.3) is 6.08 Å². The summed E-state index contributed by atoms with van der Waals surface area (Å²) in [5.74, 6) is -0.505. The molecule has 15 heteroatoms. The Kier molecular flexibility index (Phi) is 11.0. The van der Waals surface area contributed by atoms with Crippen molar-refractivity contribution in [2.45, 2.75) is 57.5 Å². The van der Waals surface area contributed by atoms with E-state index in [1.807, 2.05) is 0 Å². The maximum absolute atomic E-state index is 12.3. The average Bonchev–Trinajstić information content (AvgIpc) is 3.15. The van der Waals surface area contributed by atoms with Gasteiger partial charge in [0.1, 0.15) is 18.4 Å². The summed E-state index contributed by atoms with van der Waals surface area (Å²) in [6, 6.07) is 0. The van der Waals surface area contributed by atoms with E-state index in [1.165, 1.54) is 13.0 Å². The van der Waals surface area contributed by atoms with E-state index in [1.54, 1.807) is 0 Å². The molecule has 35 heavy (non-hydrogen) atoms. The first-order chi connectivity index (χ1) is 16.5. The number of unbranched alkanes of at least 4 members (excludes halogenated alkanes) is 3. The number of hydrogen-bond donors (Lipinski definition) is 6. The first-order valence-corrected chi connectivity index (χ1v) is 12.6. The maximum Gasteiger partial charge on any atom is 0.469 e. The lowest BCUT2D eigenvalue weighted by molar-refractivity contribution is -0.119. The normalized spacial score (nSPS) is 20.3. The number of H-pyrrole nitrogens is 1. The summed E-state index contributed by atoms with van der Waals surface area (Å²) < 4.78 is 22.2. The fourth-order valence-corrected chi connectivity index (χ4v) is 4.03. The van der Waals surface area contributed by atoms with Crippen molar-refractivity contribution in [1.29, 1.82) is 0 Å². The molecule has 0 spiro atoms. The van der Waals surface area contributed by atoms with Crippen LogP contribution in [0, 0.1) is 0 Å². The van der Waals surface area contributed by atoms with Gasteiger partial charge in [-0.3, -0.25) is 28.5 Å². The van der Waals surface area contributed by atoms with Crippen LogP contribution in [-0.4, -0.2) is 68.2 Å². The Hall–Kier alpha value is -2.61. The van der Waals surface area contributed by atoms with Crippen LogP contribution in [0.1, 0.15) is 50.8 Å². The lowest BCUT2D eigenvalue weighted by atomic mass is 10.2. The molecule has 1 aliphatic heterocycles. The van der Waals surface area contributed by atoms with Gasteiger partial charge in [-0.2, -0.15) is 0 Å². The molecule has 0 unspecified atom stereocenters. The van der Waals surface area contributed by atoms with Crippen LogP contribution in [0.3, 0.4) is 0 Å². The molecule has 1 saturated heterocycles. The number of phosphoric acid groups is 1. The minimum absolute atomic E-state index is 0.0266. The van der Waals surface area contributed by atoms with E-state index < -0.39 is 50.0 Å². The van der Waals surface area contributed by atoms with Gasteiger partial charge in [-0.1, -0.05) is 12.8 Å². The Morgan fingerprint density at radius 1 is 1.23 bits per heavy atom. The van der Waals surface area contributed by atoms with E-state index in [4.69, 9.17) is 14.5 Å². The van der Waals surface area contributed by atoms with Crippen molar-refractivity contribution in [3.8, 4) is 0 Å². The highest BCUT2D eigenvalue weighted by molar-refractivity contribution is 7.46. The molecule has 2 heterocycles. The van der Waals surface area contributed by atoms with Gasteiger partial charge in [0.25, 0.3) is 5.56 Å². The zero-order valence-electron chi connectivity index (χ0n) is 19.2. The third-order valence-electron chi connectivity index (χ3n) is 5.13. The van der Waals surface area contributed by atoms with Crippen molar-refractivity contribution >= 4 is 25.7 Å². The maximum atomic E-state index is 12.3. The number of carbonyl (C=O) groups is 2. The third-order valence-corrected chi connectivity index (χ3v) is 5.68. The number of amides is 2. The number of carbonyl (C=O) groups excluding carboxylic acids is 2. The molecular formula is C20H31N4O10P. The molecule has 0 aromatic carbocycles. The standard InChI is InChI=1S/C20H31N4O10P/c1-13(26)21-8-4-2-3-5-9-22-17(27)7-6-14-11-24(20(29)23-19(14)28)18-10-15(16(12-25)33-18)34-35(30,31)32/h6-7,11,15-16,18,25H,2-5,8-10,12H2,1H3,(H,21,26)(H,22,27)(H,23,28,29)(H2,30,31,32)/b7-6+/t15-,16-,18-/m1/s1. The monoisotopic (exact) mass is 518 g/mol. The van der Waals surface area contributed by atoms with Crippen LogP contribution in [-0.2, 0) is 23.4 Å². The molecule has 14 nitrogen and oxygen atoms in total. The fourth-order valence-electron chi connectivity index (χ4n) is 3.46. The summed E-state index contributed by atoms with van der Waals surface area (Å²) in [7, 11) is -4.86. The number of aliphatic hydroxyl groups is 1. The minimum Gasteiger partial charge on any atom is -0.394 e. The summed E-state index contributed by atoms with van der Waals surface area (Å²) in [6.07, 6.45) is 3.37. The number of aliphatic hydroxyl groups excluding tert-OH is 1. The molecule has 6 N–H and O–H groups in total. The molecule has 2 rings (SSSR count). The predicted octanol–water partition coefficient (Wildman–Crippen LogP) is -0.880. The molecule has 2 amide bonds. The first-order valence-electron chi connectivity index (χ1n) is 11.1. The van der Waals surface area contributed by atoms with Gasteiger partial charge in [-0.25, -0.2) is 9.36 Å². The van der Waals surface area contributed by atoms with Gasteiger partial charge in [0.15, 0.2) is 0 Å². The van der Waals surface area contributed by atoms with Gasteiger partial charge in [0.2, 0.25) is 11.8 Å². The largest absolute Gasteiger partial charge is 0.469 e. The Morgan fingerprint density at radius 2 is 1.89 bits per heavy atom. The lowest BCUT2D eigenvalue weighted by Gasteiger charge is -2.16. The Labute approximate surface area is 200 Å². The number of aromatic amines is 1. The van der Waals surface area contributed by atoms with Gasteiger partial charge in [0.05, 0.1) is 12.2 Å². The van der Waals surface area contributed by atoms with E-state index in [2.05, 4.69) is 20.1 Å². The zero-order valence-corrected chi connectivity index (χ0v) is 20.1. The second kappa shape index (κ2) is 13.5. The highest BCUT2D eigenvalue weighted by Gasteiger charge is 2.40. The lowest BCUT2D eigenvalue weighted by Crippen LogP contribution is -2.33. The smallest absolute Gasteiger partial charge is 0.394 e. The number of phosphoric ester groups is 1. The molecule has 0 saturated carbocycles. The Bertz CT molecular complexity index is 1060. The highest BCUT2D eigenvalue weighted by Crippen LogP contribution is 2.43. The summed E-state index contributed by atoms with van der Waals surface area (Å²) >= 11 is 0. The molecule has 1 aromatic heterocycles. The molecular weight excluding hydrogens is 487 g/mol. The third kappa shape index (κ3) is 9.88. The Balaban J connectivity index is 1.93. The van der Waals surface area contributed by atoms with E-state index in [9.17, 15) is 28.8 Å². The average molecular weight is 518 g/mol. The molecule has 1 aliphatic rings. The zero-order chi connectivity index (χ0) is 26.0. The summed E-state index contributed by atoms with van der Waals surface area (Å²) in [5.41, 5.74) is -1.61. The molecule has 3 atom stereocenters. The highest BCUT2D eigenvalue weighted by atomic mass is 31.2. The number of rotatable bonds is 13. The summed E-state index contributed by atoms with van der Waals surface area (Å²) in [5, 5.41) is 14.8. The van der Waals surface area contributed by atoms with E-state index in [-0.39, 0.29) is 17.9 Å². The second-order valence-corrected chi connectivity index (χ2v) is 9.15. The topological polar surface area (TPSA) is 209 Å². The van der Waals surface area contributed by atoms with Crippen molar-refractivity contribution < 1.29 is 38.3 Å². The van der Waals surface area contributed by atoms with Crippen LogP contribution < -0.4 is 21.9 Å². The van der Waals surface area contributed by atoms with Gasteiger partial charge in [-0.05, 0) is 18.9 Å². The Morgan fingerprint density at radius 3 is 2.49 bits per heavy atom. The molecule has 196 valence electrons. The van der Waals surface area contributed by atoms with Gasteiger partial charge in [0, 0.05) is 38.7 Å².